The first-order valence-corrected chi connectivity index (χ1v) is 8.35. The van der Waals surface area contributed by atoms with E-state index in [0.29, 0.717) is 22.9 Å². The lowest BCUT2D eigenvalue weighted by Crippen LogP contribution is -2.06. The summed E-state index contributed by atoms with van der Waals surface area (Å²) in [4.78, 5) is 0.297. The number of rotatable bonds is 4. The molecule has 0 spiro atoms. The van der Waals surface area contributed by atoms with Gasteiger partial charge in [0.25, 0.3) is 0 Å². The number of para-hydroxylation sites is 1. The maximum absolute atomic E-state index is 11.7. The van der Waals surface area contributed by atoms with Gasteiger partial charge in [0.2, 0.25) is 6.79 Å². The third-order valence-electron chi connectivity index (χ3n) is 3.21. The van der Waals surface area contributed by atoms with E-state index in [0.717, 1.165) is 11.3 Å². The molecule has 0 saturated carbocycles. The topological polar surface area (TPSA) is 64.6 Å². The highest BCUT2D eigenvalue weighted by Crippen LogP contribution is 2.32. The van der Waals surface area contributed by atoms with E-state index in [-0.39, 0.29) is 6.79 Å². The molecule has 5 nitrogen and oxygen atoms in total. The van der Waals surface area contributed by atoms with E-state index in [1.54, 1.807) is 24.3 Å². The molecule has 3 rings (SSSR count). The van der Waals surface area contributed by atoms with Crippen molar-refractivity contribution in [1.29, 1.82) is 0 Å². The molecule has 2 aromatic carbocycles. The first-order valence-electron chi connectivity index (χ1n) is 6.45. The van der Waals surface area contributed by atoms with Crippen LogP contribution in [0.5, 0.6) is 11.5 Å². The molecular weight excluding hydrogens is 290 g/mol. The van der Waals surface area contributed by atoms with E-state index < -0.39 is 9.84 Å². The molecule has 0 atom stereocenters. The molecular formula is C15H15NO4S. The summed E-state index contributed by atoms with van der Waals surface area (Å²) >= 11 is 0. The van der Waals surface area contributed by atoms with Gasteiger partial charge in [0.15, 0.2) is 21.3 Å². The molecule has 0 amide bonds. The molecule has 0 radical (unpaired) electrons. The fraction of sp³-hybridized carbons (Fsp3) is 0.200. The summed E-state index contributed by atoms with van der Waals surface area (Å²) in [5, 5.41) is 3.15. The van der Waals surface area contributed by atoms with Crippen molar-refractivity contribution in [2.75, 3.05) is 18.4 Å². The number of hydrogen-bond donors (Lipinski definition) is 1. The predicted octanol–water partition coefficient (Wildman–Crippen LogP) is 2.43. The third kappa shape index (κ3) is 2.95. The Hall–Kier alpha value is -2.21. The van der Waals surface area contributed by atoms with E-state index in [1.165, 1.54) is 6.26 Å². The highest BCUT2D eigenvalue weighted by Gasteiger charge is 2.14. The van der Waals surface area contributed by atoms with Crippen LogP contribution in [-0.4, -0.2) is 21.5 Å². The molecule has 6 heteroatoms. The van der Waals surface area contributed by atoms with Crippen molar-refractivity contribution in [2.24, 2.45) is 0 Å². The fourth-order valence-corrected chi connectivity index (χ4v) is 3.05. The predicted molar refractivity (Wildman–Crippen MR) is 79.4 cm³/mol. The molecule has 1 aliphatic rings. The van der Waals surface area contributed by atoms with Crippen molar-refractivity contribution >= 4 is 15.5 Å². The lowest BCUT2D eigenvalue weighted by molar-refractivity contribution is 0.174. The highest BCUT2D eigenvalue weighted by atomic mass is 32.2. The van der Waals surface area contributed by atoms with Crippen LogP contribution in [0.15, 0.2) is 47.4 Å². The van der Waals surface area contributed by atoms with Gasteiger partial charge in [0, 0.05) is 12.8 Å². The van der Waals surface area contributed by atoms with Crippen LogP contribution in [0.25, 0.3) is 0 Å². The van der Waals surface area contributed by atoms with Gasteiger partial charge in [0.05, 0.1) is 10.6 Å². The van der Waals surface area contributed by atoms with Gasteiger partial charge in [-0.25, -0.2) is 8.42 Å². The van der Waals surface area contributed by atoms with Gasteiger partial charge >= 0.3 is 0 Å². The lowest BCUT2D eigenvalue weighted by Gasteiger charge is -2.11. The monoisotopic (exact) mass is 305 g/mol. The van der Waals surface area contributed by atoms with Gasteiger partial charge in [-0.05, 0) is 29.8 Å². The molecule has 1 N–H and O–H groups in total. The normalized spacial score (nSPS) is 13.2. The Kier molecular flexibility index (Phi) is 3.47. The van der Waals surface area contributed by atoms with Gasteiger partial charge in [-0.2, -0.15) is 0 Å². The largest absolute Gasteiger partial charge is 0.454 e. The first kappa shape index (κ1) is 13.8. The van der Waals surface area contributed by atoms with Crippen molar-refractivity contribution in [1.82, 2.24) is 0 Å². The fourth-order valence-electron chi connectivity index (χ4n) is 2.18. The number of nitrogens with one attached hydrogen (secondary N) is 1. The summed E-state index contributed by atoms with van der Waals surface area (Å²) in [5.41, 5.74) is 1.58. The Morgan fingerprint density at radius 2 is 1.86 bits per heavy atom. The maximum Gasteiger partial charge on any atom is 0.231 e. The second-order valence-electron chi connectivity index (χ2n) is 4.81. The van der Waals surface area contributed by atoms with Crippen LogP contribution in [-0.2, 0) is 16.4 Å². The Morgan fingerprint density at radius 1 is 1.10 bits per heavy atom. The molecule has 2 aromatic rings. The van der Waals surface area contributed by atoms with E-state index in [1.807, 2.05) is 18.2 Å². The summed E-state index contributed by atoms with van der Waals surface area (Å²) in [6, 6.07) is 12.5. The van der Waals surface area contributed by atoms with Crippen molar-refractivity contribution in [2.45, 2.75) is 11.4 Å². The number of benzene rings is 2. The summed E-state index contributed by atoms with van der Waals surface area (Å²) in [6.45, 7) is 0.742. The number of ether oxygens (including phenoxy) is 2. The Labute approximate surface area is 123 Å². The zero-order valence-electron chi connectivity index (χ0n) is 11.5. The van der Waals surface area contributed by atoms with Crippen LogP contribution < -0.4 is 14.8 Å². The molecule has 1 heterocycles. The van der Waals surface area contributed by atoms with Gasteiger partial charge in [-0.15, -0.1) is 0 Å². The minimum absolute atomic E-state index is 0.239. The first-order chi connectivity index (χ1) is 10.0. The van der Waals surface area contributed by atoms with Gasteiger partial charge in [0.1, 0.15) is 0 Å². The second kappa shape index (κ2) is 5.29. The Morgan fingerprint density at radius 3 is 2.67 bits per heavy atom. The van der Waals surface area contributed by atoms with Crippen LogP contribution in [0.4, 0.5) is 5.69 Å². The standard InChI is InChI=1S/C15H15NO4S/c1-21(17,18)15-5-3-2-4-12(15)16-9-11-6-7-13-14(8-11)20-10-19-13/h2-8,16H,9-10H2,1H3. The van der Waals surface area contributed by atoms with Crippen LogP contribution in [0.1, 0.15) is 5.56 Å². The van der Waals surface area contributed by atoms with E-state index in [2.05, 4.69) is 5.32 Å². The zero-order valence-corrected chi connectivity index (χ0v) is 12.3. The summed E-state index contributed by atoms with van der Waals surface area (Å²) in [6.07, 6.45) is 1.20. The van der Waals surface area contributed by atoms with E-state index >= 15 is 0 Å². The molecule has 0 aromatic heterocycles. The van der Waals surface area contributed by atoms with Crippen molar-refractivity contribution < 1.29 is 17.9 Å². The van der Waals surface area contributed by atoms with Crippen LogP contribution in [0, 0.1) is 0 Å². The Balaban J connectivity index is 1.80. The molecule has 0 bridgehead atoms. The smallest absolute Gasteiger partial charge is 0.231 e. The summed E-state index contributed by atoms with van der Waals surface area (Å²) in [5.74, 6) is 1.45. The molecule has 0 aliphatic carbocycles. The third-order valence-corrected chi connectivity index (χ3v) is 4.36. The van der Waals surface area contributed by atoms with Crippen molar-refractivity contribution in [3.05, 3.63) is 48.0 Å². The van der Waals surface area contributed by atoms with Crippen LogP contribution >= 0.6 is 0 Å². The van der Waals surface area contributed by atoms with Gasteiger partial charge in [-0.1, -0.05) is 18.2 Å². The van der Waals surface area contributed by atoms with Gasteiger partial charge in [-0.3, -0.25) is 0 Å². The average molecular weight is 305 g/mol. The van der Waals surface area contributed by atoms with Crippen molar-refractivity contribution in [3.63, 3.8) is 0 Å². The molecule has 21 heavy (non-hydrogen) atoms. The average Bonchev–Trinajstić information content (AvgIpc) is 2.92. The van der Waals surface area contributed by atoms with E-state index in [4.69, 9.17) is 9.47 Å². The minimum Gasteiger partial charge on any atom is -0.454 e. The summed E-state index contributed by atoms with van der Waals surface area (Å²) in [7, 11) is -3.25. The highest BCUT2D eigenvalue weighted by molar-refractivity contribution is 7.90. The summed E-state index contributed by atoms with van der Waals surface area (Å²) < 4.78 is 34.1. The number of sulfone groups is 1. The van der Waals surface area contributed by atoms with Gasteiger partial charge < -0.3 is 14.8 Å². The van der Waals surface area contributed by atoms with Crippen LogP contribution in [0.3, 0.4) is 0 Å². The maximum atomic E-state index is 11.7. The zero-order chi connectivity index (χ0) is 14.9. The molecule has 0 unspecified atom stereocenters. The minimum atomic E-state index is -3.25. The van der Waals surface area contributed by atoms with Crippen LogP contribution in [0.2, 0.25) is 0 Å². The lowest BCUT2D eigenvalue weighted by atomic mass is 10.2. The second-order valence-corrected chi connectivity index (χ2v) is 6.79. The number of hydrogen-bond acceptors (Lipinski definition) is 5. The molecule has 1 aliphatic heterocycles. The SMILES string of the molecule is CS(=O)(=O)c1ccccc1NCc1ccc2c(c1)OCO2. The number of anilines is 1. The van der Waals surface area contributed by atoms with Crippen molar-refractivity contribution in [3.8, 4) is 11.5 Å². The quantitative estimate of drug-likeness (QED) is 0.940. The molecule has 0 saturated heterocycles. The molecule has 110 valence electrons. The van der Waals surface area contributed by atoms with E-state index in [9.17, 15) is 8.42 Å². The number of fused-ring (bicyclic) bond motifs is 1. The Bertz CT molecular complexity index is 771. The molecule has 0 fully saturated rings.